The summed E-state index contributed by atoms with van der Waals surface area (Å²) in [7, 11) is 0. The van der Waals surface area contributed by atoms with Crippen molar-refractivity contribution in [2.24, 2.45) is 10.7 Å². The first-order valence-corrected chi connectivity index (χ1v) is 9.23. The molecular weight excluding hydrogens is 420 g/mol. The highest BCUT2D eigenvalue weighted by atomic mass is 19.3. The lowest BCUT2D eigenvalue weighted by molar-refractivity contribution is -0.116. The first-order chi connectivity index (χ1) is 14.7. The van der Waals surface area contributed by atoms with Gasteiger partial charge in [-0.2, -0.15) is 0 Å². The number of benzene rings is 1. The van der Waals surface area contributed by atoms with E-state index < -0.39 is 42.0 Å². The minimum Gasteiger partial charge on any atom is -0.488 e. The molecule has 31 heavy (non-hydrogen) atoms. The number of aromatic nitrogens is 1. The van der Waals surface area contributed by atoms with Crippen LogP contribution in [0.4, 0.5) is 23.2 Å². The largest absolute Gasteiger partial charge is 0.488 e. The number of alkyl halides is 3. The van der Waals surface area contributed by atoms with Gasteiger partial charge in [-0.3, -0.25) is 9.79 Å². The molecule has 1 aliphatic heterocycles. The van der Waals surface area contributed by atoms with Crippen LogP contribution in [-0.2, 0) is 10.3 Å². The number of nitrogens with one attached hydrogen (secondary N) is 1. The molecule has 166 valence electrons. The highest BCUT2D eigenvalue weighted by Gasteiger charge is 2.54. The van der Waals surface area contributed by atoms with Crippen molar-refractivity contribution in [2.45, 2.75) is 18.4 Å². The van der Waals surface area contributed by atoms with Gasteiger partial charge in [-0.05, 0) is 37.3 Å². The van der Waals surface area contributed by atoms with Crippen LogP contribution in [0.15, 0.2) is 41.5 Å². The van der Waals surface area contributed by atoms with Gasteiger partial charge in [0.15, 0.2) is 17.0 Å². The summed E-state index contributed by atoms with van der Waals surface area (Å²) in [6.45, 7) is -1.32. The molecule has 1 aromatic carbocycles. The molecule has 11 heteroatoms. The van der Waals surface area contributed by atoms with E-state index in [1.165, 1.54) is 24.4 Å². The topological polar surface area (TPSA) is 98.8 Å². The van der Waals surface area contributed by atoms with Crippen molar-refractivity contribution in [1.29, 1.82) is 0 Å². The van der Waals surface area contributed by atoms with Gasteiger partial charge in [0.1, 0.15) is 38.1 Å². The molecule has 3 rings (SSSR count). The van der Waals surface area contributed by atoms with Gasteiger partial charge in [-0.15, -0.1) is 0 Å². The third-order valence-corrected chi connectivity index (χ3v) is 4.68. The summed E-state index contributed by atoms with van der Waals surface area (Å²) in [6, 6.07) is 6.11. The Hall–Kier alpha value is -3.21. The van der Waals surface area contributed by atoms with Crippen molar-refractivity contribution in [1.82, 2.24) is 4.98 Å². The molecule has 1 aliphatic rings. The number of pyridine rings is 1. The number of halogens is 4. The number of nitrogens with zero attached hydrogens (tertiary/aromatic N) is 2. The first kappa shape index (κ1) is 22.5. The number of aliphatic imine (C=N–C) groups is 1. The van der Waals surface area contributed by atoms with Crippen LogP contribution in [0.1, 0.15) is 23.0 Å². The second kappa shape index (κ2) is 8.88. The van der Waals surface area contributed by atoms with Gasteiger partial charge >= 0.3 is 0 Å². The maximum absolute atomic E-state index is 14.8. The Morgan fingerprint density at radius 2 is 2.13 bits per heavy atom. The number of anilines is 1. The number of amidine groups is 1. The van der Waals surface area contributed by atoms with Crippen molar-refractivity contribution in [3.8, 4) is 5.75 Å². The monoisotopic (exact) mass is 440 g/mol. The van der Waals surface area contributed by atoms with E-state index in [1.54, 1.807) is 0 Å². The number of hydrogen-bond acceptors (Lipinski definition) is 6. The molecule has 0 unspecified atom stereocenters. The maximum Gasteiger partial charge on any atom is 0.299 e. The number of rotatable bonds is 6. The lowest BCUT2D eigenvalue weighted by Crippen LogP contribution is -2.45. The number of carbonyl (C=O) groups excluding carboxylic acids is 1. The van der Waals surface area contributed by atoms with Gasteiger partial charge in [0.25, 0.3) is 11.8 Å². The zero-order chi connectivity index (χ0) is 22.6. The summed E-state index contributed by atoms with van der Waals surface area (Å²) in [5.41, 5.74) is 2.65. The lowest BCUT2D eigenvalue weighted by atomic mass is 9.85. The number of amides is 1. The third-order valence-electron chi connectivity index (χ3n) is 4.68. The Morgan fingerprint density at radius 3 is 2.87 bits per heavy atom. The zero-order valence-corrected chi connectivity index (χ0v) is 16.5. The lowest BCUT2D eigenvalue weighted by Gasteiger charge is -2.33. The summed E-state index contributed by atoms with van der Waals surface area (Å²) in [4.78, 5) is 20.4. The van der Waals surface area contributed by atoms with E-state index in [2.05, 4.69) is 15.3 Å². The molecule has 1 aromatic heterocycles. The fraction of sp³-hybridized carbons (Fsp3) is 0.350. The van der Waals surface area contributed by atoms with E-state index in [-0.39, 0.29) is 36.2 Å². The third kappa shape index (κ3) is 4.61. The van der Waals surface area contributed by atoms with E-state index in [1.807, 2.05) is 0 Å². The molecule has 0 bridgehead atoms. The van der Waals surface area contributed by atoms with Crippen LogP contribution in [-0.4, -0.2) is 49.1 Å². The van der Waals surface area contributed by atoms with Gasteiger partial charge in [-0.1, -0.05) is 0 Å². The maximum atomic E-state index is 14.8. The van der Waals surface area contributed by atoms with Crippen LogP contribution in [0, 0.1) is 5.82 Å². The molecule has 0 saturated heterocycles. The van der Waals surface area contributed by atoms with Crippen molar-refractivity contribution in [3.63, 3.8) is 0 Å². The number of carbonyl (C=O) groups is 1. The Labute approximate surface area is 175 Å². The second-order valence-corrected chi connectivity index (χ2v) is 6.91. The fourth-order valence-corrected chi connectivity index (χ4v) is 3.08. The molecule has 1 atom stereocenters. The van der Waals surface area contributed by atoms with E-state index in [9.17, 15) is 22.4 Å². The SMILES string of the molecule is C[C@]1(c2cc(NC(=O)c3ncccc3OCCF)ccc2F)N=C(N)COCC1(F)F. The average molecular weight is 440 g/mol. The highest BCUT2D eigenvalue weighted by molar-refractivity contribution is 6.04. The van der Waals surface area contributed by atoms with Gasteiger partial charge < -0.3 is 20.5 Å². The summed E-state index contributed by atoms with van der Waals surface area (Å²) >= 11 is 0. The van der Waals surface area contributed by atoms with E-state index in [0.29, 0.717) is 0 Å². The molecule has 0 spiro atoms. The van der Waals surface area contributed by atoms with Crippen LogP contribution in [0.25, 0.3) is 0 Å². The summed E-state index contributed by atoms with van der Waals surface area (Å²) < 4.78 is 66.5. The fourth-order valence-electron chi connectivity index (χ4n) is 3.08. The minimum atomic E-state index is -3.58. The standard InChI is InChI=1S/C20H20F4N4O3/c1-19(20(23,24)11-30-10-16(25)28-19)13-9-12(4-5-14(13)22)27-18(29)17-15(31-8-6-21)3-2-7-26-17/h2-5,7,9H,6,8,10-11H2,1H3,(H2,25,28)(H,27,29)/t19-/m1/s1. The predicted molar refractivity (Wildman–Crippen MR) is 105 cm³/mol. The minimum absolute atomic E-state index is 0.0134. The molecule has 7 nitrogen and oxygen atoms in total. The van der Waals surface area contributed by atoms with Crippen molar-refractivity contribution >= 4 is 17.4 Å². The molecule has 3 N–H and O–H groups in total. The molecule has 0 aliphatic carbocycles. The van der Waals surface area contributed by atoms with Crippen molar-refractivity contribution in [2.75, 3.05) is 31.8 Å². The smallest absolute Gasteiger partial charge is 0.299 e. The van der Waals surface area contributed by atoms with E-state index in [4.69, 9.17) is 15.2 Å². The van der Waals surface area contributed by atoms with Crippen LogP contribution in [0.3, 0.4) is 0 Å². The number of nitrogens with two attached hydrogens (primary N) is 1. The molecule has 2 aromatic rings. The Kier molecular flexibility index (Phi) is 6.44. The Bertz CT molecular complexity index is 1000. The normalized spacial score (nSPS) is 20.5. The summed E-state index contributed by atoms with van der Waals surface area (Å²) in [5.74, 6) is -5.46. The number of ether oxygens (including phenoxy) is 2. The van der Waals surface area contributed by atoms with E-state index >= 15 is 0 Å². The molecular formula is C20H20F4N4O3. The molecule has 2 heterocycles. The van der Waals surface area contributed by atoms with Crippen LogP contribution in [0.5, 0.6) is 5.75 Å². The summed E-state index contributed by atoms with van der Waals surface area (Å²) in [6.07, 6.45) is 1.33. The van der Waals surface area contributed by atoms with Gasteiger partial charge in [0, 0.05) is 17.4 Å². The Balaban J connectivity index is 1.95. The second-order valence-electron chi connectivity index (χ2n) is 6.91. The molecule has 0 radical (unpaired) electrons. The van der Waals surface area contributed by atoms with E-state index in [0.717, 1.165) is 19.1 Å². The average Bonchev–Trinajstić information content (AvgIpc) is 2.83. The Morgan fingerprint density at radius 1 is 1.35 bits per heavy atom. The van der Waals surface area contributed by atoms with Crippen LogP contribution >= 0.6 is 0 Å². The van der Waals surface area contributed by atoms with Crippen molar-refractivity contribution in [3.05, 3.63) is 53.6 Å². The number of hydrogen-bond donors (Lipinski definition) is 2. The molecule has 1 amide bonds. The van der Waals surface area contributed by atoms with Crippen LogP contribution in [0.2, 0.25) is 0 Å². The zero-order valence-electron chi connectivity index (χ0n) is 16.5. The van der Waals surface area contributed by atoms with Crippen molar-refractivity contribution < 1.29 is 31.8 Å². The molecule has 0 fully saturated rings. The highest BCUT2D eigenvalue weighted by Crippen LogP contribution is 2.44. The van der Waals surface area contributed by atoms with Gasteiger partial charge in [0.05, 0.1) is 0 Å². The molecule has 0 saturated carbocycles. The predicted octanol–water partition coefficient (Wildman–Crippen LogP) is 3.06. The first-order valence-electron chi connectivity index (χ1n) is 9.23. The summed E-state index contributed by atoms with van der Waals surface area (Å²) in [5, 5.41) is 2.46. The quantitative estimate of drug-likeness (QED) is 0.673. The van der Waals surface area contributed by atoms with Gasteiger partial charge in [-0.25, -0.2) is 22.5 Å². The van der Waals surface area contributed by atoms with Gasteiger partial charge in [0.2, 0.25) is 0 Å². The van der Waals surface area contributed by atoms with Crippen LogP contribution < -0.4 is 15.8 Å².